The molecule has 12 heteroatoms. The standard InChI is InChI=1S/C24H26N4O7S/c1-36-13-12-24(23(33)26-16-4-6-17(7-5-16)28(34)35)20(30)10-11-21(31)27(24)22(32)19(25)14-15-2-8-18(29)9-3-15/h2-9,19,29H,10-14,25H2,1H3,(H,26,33)/t19-,24+/m0/s1. The van der Waals surface area contributed by atoms with Gasteiger partial charge in [-0.15, -0.1) is 0 Å². The Morgan fingerprint density at radius 1 is 1.17 bits per heavy atom. The molecule has 1 aliphatic rings. The predicted octanol–water partition coefficient (Wildman–Crippen LogP) is 2.02. The number of non-ortho nitro benzene ring substituents is 1. The van der Waals surface area contributed by atoms with E-state index in [1.807, 2.05) is 0 Å². The highest BCUT2D eigenvalue weighted by atomic mass is 32.2. The van der Waals surface area contributed by atoms with E-state index in [2.05, 4.69) is 5.32 Å². The molecule has 1 fully saturated rings. The van der Waals surface area contributed by atoms with Crippen LogP contribution >= 0.6 is 11.8 Å². The maximum absolute atomic E-state index is 13.6. The molecule has 11 nitrogen and oxygen atoms in total. The van der Waals surface area contributed by atoms with Crippen LogP contribution in [0, 0.1) is 10.1 Å². The third-order valence-corrected chi connectivity index (χ3v) is 6.58. The van der Waals surface area contributed by atoms with Gasteiger partial charge in [0.15, 0.2) is 11.3 Å². The lowest BCUT2D eigenvalue weighted by atomic mass is 9.80. The summed E-state index contributed by atoms with van der Waals surface area (Å²) in [7, 11) is 0. The van der Waals surface area contributed by atoms with E-state index in [4.69, 9.17) is 5.73 Å². The highest BCUT2D eigenvalue weighted by Gasteiger charge is 2.57. The number of benzene rings is 2. The fraction of sp³-hybridized carbons (Fsp3) is 0.333. The molecule has 1 saturated heterocycles. The van der Waals surface area contributed by atoms with Crippen LogP contribution in [-0.4, -0.2) is 62.0 Å². The number of anilines is 1. The molecule has 0 bridgehead atoms. The van der Waals surface area contributed by atoms with Gasteiger partial charge in [0.2, 0.25) is 11.8 Å². The number of hydrogen-bond acceptors (Lipinski definition) is 9. The van der Waals surface area contributed by atoms with Crippen molar-refractivity contribution in [2.24, 2.45) is 5.73 Å². The number of carbonyl (C=O) groups excluding carboxylic acids is 4. The van der Waals surface area contributed by atoms with Gasteiger partial charge in [-0.1, -0.05) is 12.1 Å². The summed E-state index contributed by atoms with van der Waals surface area (Å²) >= 11 is 1.34. The molecule has 0 saturated carbocycles. The molecule has 0 aromatic heterocycles. The summed E-state index contributed by atoms with van der Waals surface area (Å²) in [6.07, 6.45) is 1.22. The molecule has 3 amide bonds. The first-order valence-electron chi connectivity index (χ1n) is 11.1. The second-order valence-corrected chi connectivity index (χ2v) is 9.31. The second kappa shape index (κ2) is 11.3. The third kappa shape index (κ3) is 5.55. The smallest absolute Gasteiger partial charge is 0.269 e. The number of phenols is 1. The lowest BCUT2D eigenvalue weighted by Crippen LogP contribution is -2.70. The van der Waals surface area contributed by atoms with Crippen LogP contribution in [0.2, 0.25) is 0 Å². The minimum absolute atomic E-state index is 0.0136. The van der Waals surface area contributed by atoms with Gasteiger partial charge in [-0.2, -0.15) is 11.8 Å². The Morgan fingerprint density at radius 3 is 2.39 bits per heavy atom. The fourth-order valence-corrected chi connectivity index (χ4v) is 4.57. The van der Waals surface area contributed by atoms with Crippen molar-refractivity contribution < 1.29 is 29.2 Å². The third-order valence-electron chi connectivity index (χ3n) is 5.97. The van der Waals surface area contributed by atoms with E-state index >= 15 is 0 Å². The number of carbonyl (C=O) groups is 4. The number of phenolic OH excluding ortho intramolecular Hbond substituents is 1. The maximum atomic E-state index is 13.6. The molecule has 0 aliphatic carbocycles. The zero-order valence-corrected chi connectivity index (χ0v) is 20.3. The molecule has 190 valence electrons. The van der Waals surface area contributed by atoms with Crippen LogP contribution in [0.5, 0.6) is 5.75 Å². The average molecular weight is 515 g/mol. The Kier molecular flexibility index (Phi) is 8.43. The molecule has 0 unspecified atom stereocenters. The molecule has 4 N–H and O–H groups in total. The number of hydrogen-bond donors (Lipinski definition) is 3. The Labute approximate surface area is 211 Å². The Balaban J connectivity index is 1.96. The van der Waals surface area contributed by atoms with E-state index in [1.54, 1.807) is 18.4 Å². The number of nitro benzene ring substituents is 1. The van der Waals surface area contributed by atoms with Crippen LogP contribution in [0.25, 0.3) is 0 Å². The van der Waals surface area contributed by atoms with Crippen molar-refractivity contribution in [1.82, 2.24) is 4.90 Å². The Hall–Kier alpha value is -3.77. The largest absolute Gasteiger partial charge is 0.508 e. The first-order chi connectivity index (χ1) is 17.1. The number of nitrogens with one attached hydrogen (secondary N) is 1. The summed E-state index contributed by atoms with van der Waals surface area (Å²) in [6.45, 7) is 0. The Morgan fingerprint density at radius 2 is 1.81 bits per heavy atom. The molecular weight excluding hydrogens is 488 g/mol. The summed E-state index contributed by atoms with van der Waals surface area (Å²) in [5.41, 5.74) is 4.65. The first-order valence-corrected chi connectivity index (χ1v) is 12.5. The van der Waals surface area contributed by atoms with Gasteiger partial charge >= 0.3 is 0 Å². The minimum Gasteiger partial charge on any atom is -0.508 e. The van der Waals surface area contributed by atoms with Crippen LogP contribution in [0.1, 0.15) is 24.8 Å². The van der Waals surface area contributed by atoms with E-state index in [-0.39, 0.29) is 42.8 Å². The van der Waals surface area contributed by atoms with Crippen molar-refractivity contribution in [3.05, 3.63) is 64.2 Å². The normalized spacial score (nSPS) is 18.6. The molecule has 1 aliphatic heterocycles. The van der Waals surface area contributed by atoms with Crippen molar-refractivity contribution in [3.63, 3.8) is 0 Å². The predicted molar refractivity (Wildman–Crippen MR) is 133 cm³/mol. The maximum Gasteiger partial charge on any atom is 0.269 e. The number of nitrogens with two attached hydrogens (primary N) is 1. The van der Waals surface area contributed by atoms with Crippen molar-refractivity contribution in [2.45, 2.75) is 37.3 Å². The van der Waals surface area contributed by atoms with E-state index < -0.39 is 40.0 Å². The van der Waals surface area contributed by atoms with Crippen molar-refractivity contribution in [2.75, 3.05) is 17.3 Å². The van der Waals surface area contributed by atoms with Crippen molar-refractivity contribution in [3.8, 4) is 5.75 Å². The zero-order valence-electron chi connectivity index (χ0n) is 19.5. The van der Waals surface area contributed by atoms with Crippen LogP contribution in [0.3, 0.4) is 0 Å². The molecule has 0 radical (unpaired) electrons. The molecule has 2 atom stereocenters. The number of imide groups is 1. The van der Waals surface area contributed by atoms with Crippen LogP contribution in [0.15, 0.2) is 48.5 Å². The van der Waals surface area contributed by atoms with Gasteiger partial charge in [-0.25, -0.2) is 0 Å². The summed E-state index contributed by atoms with van der Waals surface area (Å²) in [5.74, 6) is -2.67. The quantitative estimate of drug-likeness (QED) is 0.257. The van der Waals surface area contributed by atoms with Crippen LogP contribution in [-0.2, 0) is 25.6 Å². The van der Waals surface area contributed by atoms with Gasteiger partial charge in [0.05, 0.1) is 11.0 Å². The highest BCUT2D eigenvalue weighted by Crippen LogP contribution is 2.33. The number of likely N-dealkylation sites (tertiary alicyclic amines) is 1. The number of amides is 3. The van der Waals surface area contributed by atoms with E-state index in [0.717, 1.165) is 0 Å². The molecule has 36 heavy (non-hydrogen) atoms. The van der Waals surface area contributed by atoms with Gasteiger partial charge in [0, 0.05) is 30.7 Å². The average Bonchev–Trinajstić information content (AvgIpc) is 2.85. The number of nitrogens with zero attached hydrogens (tertiary/aromatic N) is 2. The van der Waals surface area contributed by atoms with Crippen molar-refractivity contribution in [1.29, 1.82) is 0 Å². The van der Waals surface area contributed by atoms with E-state index in [0.29, 0.717) is 16.2 Å². The number of thioether (sulfide) groups is 1. The van der Waals surface area contributed by atoms with Crippen LogP contribution < -0.4 is 11.1 Å². The molecular formula is C24H26N4O7S. The number of piperidine rings is 1. The summed E-state index contributed by atoms with van der Waals surface area (Å²) in [6, 6.07) is 9.77. The zero-order chi connectivity index (χ0) is 26.5. The topological polar surface area (TPSA) is 173 Å². The monoisotopic (exact) mass is 514 g/mol. The summed E-state index contributed by atoms with van der Waals surface area (Å²) in [4.78, 5) is 64.5. The summed E-state index contributed by atoms with van der Waals surface area (Å²) in [5, 5.41) is 23.0. The number of rotatable bonds is 9. The van der Waals surface area contributed by atoms with Crippen molar-refractivity contribution >= 4 is 46.6 Å². The lowest BCUT2D eigenvalue weighted by Gasteiger charge is -2.43. The second-order valence-electron chi connectivity index (χ2n) is 8.33. The molecule has 3 rings (SSSR count). The van der Waals surface area contributed by atoms with Gasteiger partial charge in [0.25, 0.3) is 11.6 Å². The van der Waals surface area contributed by atoms with E-state index in [9.17, 15) is 34.4 Å². The highest BCUT2D eigenvalue weighted by molar-refractivity contribution is 7.98. The van der Waals surface area contributed by atoms with E-state index in [1.165, 1.54) is 48.2 Å². The van der Waals surface area contributed by atoms with Gasteiger partial charge in [0.1, 0.15) is 5.75 Å². The number of Topliss-reactive ketones (excluding diaryl/α,β-unsaturated/α-hetero) is 1. The SMILES string of the molecule is CSCC[C@]1(C(=O)Nc2ccc([N+](=O)[O-])cc2)C(=O)CCC(=O)N1C(=O)[C@@H](N)Cc1ccc(O)cc1. The molecule has 2 aromatic rings. The summed E-state index contributed by atoms with van der Waals surface area (Å²) < 4.78 is 0. The molecule has 1 heterocycles. The molecule has 0 spiro atoms. The number of ketones is 1. The lowest BCUT2D eigenvalue weighted by molar-refractivity contribution is -0.384. The minimum atomic E-state index is -2.11. The Bertz CT molecular complexity index is 1170. The number of nitro groups is 1. The number of aromatic hydroxyl groups is 1. The first kappa shape index (κ1) is 26.8. The van der Waals surface area contributed by atoms with Gasteiger partial charge < -0.3 is 16.2 Å². The van der Waals surface area contributed by atoms with Crippen LogP contribution in [0.4, 0.5) is 11.4 Å². The fourth-order valence-electron chi connectivity index (χ4n) is 4.07. The van der Waals surface area contributed by atoms with Gasteiger partial charge in [-0.05, 0) is 54.7 Å². The van der Waals surface area contributed by atoms with Gasteiger partial charge in [-0.3, -0.25) is 34.2 Å². The molecule has 2 aromatic carbocycles.